The number of rotatable bonds is 2. The summed E-state index contributed by atoms with van der Waals surface area (Å²) in [7, 11) is 0. The Kier molecular flexibility index (Phi) is 2.49. The summed E-state index contributed by atoms with van der Waals surface area (Å²) in [5.41, 5.74) is 3.75. The van der Waals surface area contributed by atoms with Gasteiger partial charge in [-0.25, -0.2) is 0 Å². The topological polar surface area (TPSA) is 30.2 Å². The molecular weight excluding hydrogens is 224 g/mol. The third-order valence-electron chi connectivity index (χ3n) is 3.00. The van der Waals surface area contributed by atoms with Gasteiger partial charge < -0.3 is 4.42 Å². The molecule has 0 fully saturated rings. The summed E-state index contributed by atoms with van der Waals surface area (Å²) in [6.07, 6.45) is 0.839. The number of carbonyl (C=O) groups excluding carboxylic acids is 1. The molecule has 0 aliphatic heterocycles. The summed E-state index contributed by atoms with van der Waals surface area (Å²) < 4.78 is 5.79. The molecule has 2 nitrogen and oxygen atoms in total. The van der Waals surface area contributed by atoms with E-state index in [0.29, 0.717) is 5.56 Å². The minimum Gasteiger partial charge on any atom is -0.456 e. The van der Waals surface area contributed by atoms with E-state index < -0.39 is 0 Å². The van der Waals surface area contributed by atoms with Crippen molar-refractivity contribution in [3.8, 4) is 11.3 Å². The number of aryl methyl sites for hydroxylation is 1. The zero-order valence-electron chi connectivity index (χ0n) is 10.0. The predicted octanol–water partition coefficient (Wildman–Crippen LogP) is 4.22. The van der Waals surface area contributed by atoms with Crippen LogP contribution in [0.25, 0.3) is 22.3 Å². The Bertz CT molecular complexity index is 706. The second-order valence-corrected chi connectivity index (χ2v) is 4.39. The van der Waals surface area contributed by atoms with Crippen LogP contribution in [0.3, 0.4) is 0 Å². The highest BCUT2D eigenvalue weighted by Crippen LogP contribution is 2.28. The first-order valence-electron chi connectivity index (χ1n) is 5.82. The fourth-order valence-electron chi connectivity index (χ4n) is 2.03. The van der Waals surface area contributed by atoms with Crippen LogP contribution in [-0.4, -0.2) is 6.29 Å². The first kappa shape index (κ1) is 10.8. The molecule has 0 unspecified atom stereocenters. The third-order valence-corrected chi connectivity index (χ3v) is 3.00. The smallest absolute Gasteiger partial charge is 0.150 e. The molecule has 0 atom stereocenters. The fraction of sp³-hybridized carbons (Fsp3) is 0.0625. The molecule has 18 heavy (non-hydrogen) atoms. The number of benzene rings is 2. The number of hydrogen-bond donors (Lipinski definition) is 0. The molecule has 0 aliphatic rings. The molecule has 0 spiro atoms. The van der Waals surface area contributed by atoms with Crippen molar-refractivity contribution in [3.63, 3.8) is 0 Å². The Morgan fingerprint density at radius 3 is 2.50 bits per heavy atom. The van der Waals surface area contributed by atoms with E-state index in [-0.39, 0.29) is 0 Å². The number of carbonyl (C=O) groups is 1. The normalized spacial score (nSPS) is 10.7. The van der Waals surface area contributed by atoms with Gasteiger partial charge in [-0.3, -0.25) is 4.79 Å². The summed E-state index contributed by atoms with van der Waals surface area (Å²) in [4.78, 5) is 10.6. The van der Waals surface area contributed by atoms with Crippen LogP contribution in [0, 0.1) is 6.92 Å². The number of aldehydes is 1. The van der Waals surface area contributed by atoms with Gasteiger partial charge in [-0.2, -0.15) is 0 Å². The monoisotopic (exact) mass is 236 g/mol. The van der Waals surface area contributed by atoms with Crippen LogP contribution in [-0.2, 0) is 0 Å². The molecule has 2 aromatic carbocycles. The maximum atomic E-state index is 10.6. The molecule has 0 saturated heterocycles. The molecule has 3 aromatic rings. The van der Waals surface area contributed by atoms with E-state index >= 15 is 0 Å². The van der Waals surface area contributed by atoms with Gasteiger partial charge in [-0.05, 0) is 25.1 Å². The van der Waals surface area contributed by atoms with Crippen molar-refractivity contribution in [2.45, 2.75) is 6.92 Å². The van der Waals surface area contributed by atoms with Crippen LogP contribution in [0.5, 0.6) is 0 Å². The lowest BCUT2D eigenvalue weighted by molar-refractivity contribution is 0.112. The van der Waals surface area contributed by atoms with E-state index in [0.717, 1.165) is 28.6 Å². The lowest BCUT2D eigenvalue weighted by Crippen LogP contribution is -1.78. The van der Waals surface area contributed by atoms with E-state index in [1.54, 1.807) is 12.1 Å². The summed E-state index contributed by atoms with van der Waals surface area (Å²) in [5, 5.41) is 1.10. The van der Waals surface area contributed by atoms with Crippen molar-refractivity contribution in [1.29, 1.82) is 0 Å². The Balaban J connectivity index is 2.10. The highest BCUT2D eigenvalue weighted by Gasteiger charge is 2.06. The fourth-order valence-corrected chi connectivity index (χ4v) is 2.03. The first-order chi connectivity index (χ1) is 8.76. The molecule has 0 N–H and O–H groups in total. The van der Waals surface area contributed by atoms with Gasteiger partial charge in [0.1, 0.15) is 17.6 Å². The van der Waals surface area contributed by atoms with E-state index in [1.807, 2.05) is 30.3 Å². The standard InChI is InChI=1S/C16H12O2/c1-11-2-7-15-14(8-11)9-16(18-15)13-5-3-12(10-17)4-6-13/h2-10H,1H3. The van der Waals surface area contributed by atoms with Crippen LogP contribution < -0.4 is 0 Å². The number of furan rings is 1. The molecular formula is C16H12O2. The molecule has 0 saturated carbocycles. The Hall–Kier alpha value is -2.35. The highest BCUT2D eigenvalue weighted by atomic mass is 16.3. The quantitative estimate of drug-likeness (QED) is 0.623. The van der Waals surface area contributed by atoms with E-state index in [1.165, 1.54) is 5.56 Å². The first-order valence-corrected chi connectivity index (χ1v) is 5.82. The highest BCUT2D eigenvalue weighted by molar-refractivity contribution is 5.84. The zero-order valence-corrected chi connectivity index (χ0v) is 10.0. The van der Waals surface area contributed by atoms with Gasteiger partial charge in [-0.15, -0.1) is 0 Å². The molecule has 0 aliphatic carbocycles. The van der Waals surface area contributed by atoms with Gasteiger partial charge >= 0.3 is 0 Å². The third kappa shape index (κ3) is 1.82. The van der Waals surface area contributed by atoms with Crippen LogP contribution in [0.1, 0.15) is 15.9 Å². The molecule has 0 amide bonds. The van der Waals surface area contributed by atoms with Gasteiger partial charge in [-0.1, -0.05) is 35.9 Å². The molecule has 1 aromatic heterocycles. The Morgan fingerprint density at radius 1 is 1.00 bits per heavy atom. The maximum absolute atomic E-state index is 10.6. The van der Waals surface area contributed by atoms with Crippen LogP contribution in [0.15, 0.2) is 52.9 Å². The molecule has 2 heteroatoms. The SMILES string of the molecule is Cc1ccc2oc(-c3ccc(C=O)cc3)cc2c1. The van der Waals surface area contributed by atoms with Crippen LogP contribution >= 0.6 is 0 Å². The second kappa shape index (κ2) is 4.15. The molecule has 3 rings (SSSR count). The predicted molar refractivity (Wildman–Crippen MR) is 71.8 cm³/mol. The van der Waals surface area contributed by atoms with Crippen LogP contribution in [0.4, 0.5) is 0 Å². The molecule has 0 bridgehead atoms. The van der Waals surface area contributed by atoms with Gasteiger partial charge in [0, 0.05) is 16.5 Å². The number of hydrogen-bond acceptors (Lipinski definition) is 2. The van der Waals surface area contributed by atoms with Gasteiger partial charge in [0.15, 0.2) is 0 Å². The summed E-state index contributed by atoms with van der Waals surface area (Å²) >= 11 is 0. The van der Waals surface area contributed by atoms with Crippen molar-refractivity contribution >= 4 is 17.3 Å². The largest absolute Gasteiger partial charge is 0.456 e. The average molecular weight is 236 g/mol. The molecule has 88 valence electrons. The van der Waals surface area contributed by atoms with Crippen molar-refractivity contribution in [2.24, 2.45) is 0 Å². The van der Waals surface area contributed by atoms with Crippen molar-refractivity contribution in [1.82, 2.24) is 0 Å². The zero-order chi connectivity index (χ0) is 12.5. The van der Waals surface area contributed by atoms with Crippen molar-refractivity contribution in [3.05, 3.63) is 59.7 Å². The maximum Gasteiger partial charge on any atom is 0.150 e. The Morgan fingerprint density at radius 2 is 1.78 bits per heavy atom. The summed E-state index contributed by atoms with van der Waals surface area (Å²) in [6.45, 7) is 2.06. The van der Waals surface area contributed by atoms with Crippen LogP contribution in [0.2, 0.25) is 0 Å². The average Bonchev–Trinajstić information content (AvgIpc) is 2.81. The van der Waals surface area contributed by atoms with E-state index in [9.17, 15) is 4.79 Å². The molecule has 1 heterocycles. The lowest BCUT2D eigenvalue weighted by atomic mass is 10.1. The van der Waals surface area contributed by atoms with Gasteiger partial charge in [0.2, 0.25) is 0 Å². The lowest BCUT2D eigenvalue weighted by Gasteiger charge is -1.96. The summed E-state index contributed by atoms with van der Waals surface area (Å²) in [6, 6.07) is 15.5. The second-order valence-electron chi connectivity index (χ2n) is 4.39. The van der Waals surface area contributed by atoms with Crippen molar-refractivity contribution < 1.29 is 9.21 Å². The Labute approximate surface area is 105 Å². The summed E-state index contributed by atoms with van der Waals surface area (Å²) in [5.74, 6) is 0.827. The minimum atomic E-state index is 0.672. The van der Waals surface area contributed by atoms with E-state index in [4.69, 9.17) is 4.42 Å². The minimum absolute atomic E-state index is 0.672. The van der Waals surface area contributed by atoms with Gasteiger partial charge in [0.25, 0.3) is 0 Å². The number of fused-ring (bicyclic) bond motifs is 1. The van der Waals surface area contributed by atoms with Gasteiger partial charge in [0.05, 0.1) is 0 Å². The van der Waals surface area contributed by atoms with E-state index in [2.05, 4.69) is 13.0 Å². The van der Waals surface area contributed by atoms with Crippen molar-refractivity contribution in [2.75, 3.05) is 0 Å². The molecule has 0 radical (unpaired) electrons.